The van der Waals surface area contributed by atoms with E-state index in [4.69, 9.17) is 4.74 Å². The van der Waals surface area contributed by atoms with Gasteiger partial charge in [0, 0.05) is 17.7 Å². The molecular formula is C24H31N3O3. The number of anilines is 1. The number of carbonyl (C=O) groups excluding carboxylic acids is 2. The molecule has 2 amide bonds. The summed E-state index contributed by atoms with van der Waals surface area (Å²) in [6.45, 7) is 4.72. The first-order valence-electron chi connectivity index (χ1n) is 10.6. The van der Waals surface area contributed by atoms with Crippen molar-refractivity contribution in [3.05, 3.63) is 59.7 Å². The van der Waals surface area contributed by atoms with E-state index in [0.29, 0.717) is 24.3 Å². The molecule has 0 aromatic heterocycles. The molecule has 0 spiro atoms. The zero-order chi connectivity index (χ0) is 21.6. The van der Waals surface area contributed by atoms with Crippen molar-refractivity contribution in [1.29, 1.82) is 0 Å². The maximum Gasteiger partial charge on any atom is 0.271 e. The number of nitrogens with zero attached hydrogens (tertiary/aromatic N) is 1. The fourth-order valence-electron chi connectivity index (χ4n) is 2.86. The van der Waals surface area contributed by atoms with Crippen molar-refractivity contribution in [2.75, 3.05) is 11.9 Å². The topological polar surface area (TPSA) is 79.8 Å². The highest BCUT2D eigenvalue weighted by atomic mass is 16.5. The third-order valence-electron chi connectivity index (χ3n) is 4.51. The van der Waals surface area contributed by atoms with Gasteiger partial charge in [-0.05, 0) is 67.4 Å². The van der Waals surface area contributed by atoms with Crippen LogP contribution in [-0.4, -0.2) is 24.6 Å². The number of hydrogen-bond donors (Lipinski definition) is 2. The summed E-state index contributed by atoms with van der Waals surface area (Å²) in [5, 5.41) is 6.85. The molecule has 0 saturated carbocycles. The molecule has 2 rings (SSSR count). The van der Waals surface area contributed by atoms with Gasteiger partial charge in [0.15, 0.2) is 0 Å². The van der Waals surface area contributed by atoms with Gasteiger partial charge in [-0.25, -0.2) is 5.43 Å². The van der Waals surface area contributed by atoms with Crippen LogP contribution in [0.3, 0.4) is 0 Å². The second kappa shape index (κ2) is 13.1. The number of carbonyl (C=O) groups is 2. The van der Waals surface area contributed by atoms with Gasteiger partial charge in [0.25, 0.3) is 5.91 Å². The molecule has 0 unspecified atom stereocenters. The number of unbranched alkanes of at least 4 members (excludes halogenated alkanes) is 4. The number of hydrazone groups is 1. The molecule has 2 N–H and O–H groups in total. The number of nitrogens with one attached hydrogen (secondary N) is 2. The lowest BCUT2D eigenvalue weighted by atomic mass is 10.1. The Morgan fingerprint density at radius 1 is 0.933 bits per heavy atom. The van der Waals surface area contributed by atoms with Gasteiger partial charge in [-0.15, -0.1) is 0 Å². The van der Waals surface area contributed by atoms with E-state index in [0.717, 1.165) is 24.2 Å². The molecule has 2 aromatic rings. The molecule has 0 aliphatic rings. The predicted octanol–water partition coefficient (Wildman–Crippen LogP) is 5.15. The van der Waals surface area contributed by atoms with Crippen molar-refractivity contribution >= 4 is 23.7 Å². The maximum atomic E-state index is 12.2. The van der Waals surface area contributed by atoms with Crippen molar-refractivity contribution in [3.8, 4) is 5.75 Å². The van der Waals surface area contributed by atoms with Crippen LogP contribution in [0, 0.1) is 0 Å². The average Bonchev–Trinajstić information content (AvgIpc) is 2.75. The van der Waals surface area contributed by atoms with Crippen molar-refractivity contribution in [2.24, 2.45) is 5.10 Å². The standard InChI is InChI=1S/C24H31N3O3/c1-3-5-6-7-8-9-23(28)26-21-14-12-20(13-15-21)24(29)27-25-18-19-10-16-22(17-11-19)30-4-2/h10-18H,3-9H2,1-2H3,(H,26,28)(H,27,29)/b25-18+. The Labute approximate surface area is 178 Å². The minimum absolute atomic E-state index is 0.00338. The number of hydrogen-bond acceptors (Lipinski definition) is 4. The first kappa shape index (κ1) is 23.1. The summed E-state index contributed by atoms with van der Waals surface area (Å²) in [6.07, 6.45) is 7.66. The lowest BCUT2D eigenvalue weighted by Gasteiger charge is -2.06. The van der Waals surface area contributed by atoms with Crippen molar-refractivity contribution < 1.29 is 14.3 Å². The Hall–Kier alpha value is -3.15. The number of benzene rings is 2. The smallest absolute Gasteiger partial charge is 0.271 e. The summed E-state index contributed by atoms with van der Waals surface area (Å²) in [5.74, 6) is 0.483. The van der Waals surface area contributed by atoms with Gasteiger partial charge in [0.2, 0.25) is 5.91 Å². The summed E-state index contributed by atoms with van der Waals surface area (Å²) in [5.41, 5.74) is 4.51. The molecule has 6 nitrogen and oxygen atoms in total. The van der Waals surface area contributed by atoms with E-state index < -0.39 is 0 Å². The minimum atomic E-state index is -0.314. The minimum Gasteiger partial charge on any atom is -0.494 e. The van der Waals surface area contributed by atoms with Crippen LogP contribution >= 0.6 is 0 Å². The van der Waals surface area contributed by atoms with E-state index in [1.807, 2.05) is 31.2 Å². The van der Waals surface area contributed by atoms with Crippen molar-refractivity contribution in [1.82, 2.24) is 5.43 Å². The zero-order valence-electron chi connectivity index (χ0n) is 17.8. The first-order chi connectivity index (χ1) is 14.6. The molecule has 2 aromatic carbocycles. The summed E-state index contributed by atoms with van der Waals surface area (Å²) >= 11 is 0. The molecule has 0 bridgehead atoms. The van der Waals surface area contributed by atoms with Crippen LogP contribution in [0.2, 0.25) is 0 Å². The number of ether oxygens (including phenoxy) is 1. The summed E-state index contributed by atoms with van der Waals surface area (Å²) in [6, 6.07) is 14.2. The molecule has 0 heterocycles. The maximum absolute atomic E-state index is 12.2. The molecule has 30 heavy (non-hydrogen) atoms. The number of amides is 2. The van der Waals surface area contributed by atoms with E-state index >= 15 is 0 Å². The largest absolute Gasteiger partial charge is 0.494 e. The van der Waals surface area contributed by atoms with Gasteiger partial charge < -0.3 is 10.1 Å². The Kier molecular flexibility index (Phi) is 10.1. The molecule has 0 radical (unpaired) electrons. The Balaban J connectivity index is 1.76. The molecular weight excluding hydrogens is 378 g/mol. The van der Waals surface area contributed by atoms with Gasteiger partial charge in [-0.2, -0.15) is 5.10 Å². The molecule has 0 fully saturated rings. The number of rotatable bonds is 12. The molecule has 0 aliphatic carbocycles. The average molecular weight is 410 g/mol. The SMILES string of the molecule is CCCCCCCC(=O)Nc1ccc(C(=O)N/N=C/c2ccc(OCC)cc2)cc1. The Morgan fingerprint density at radius 2 is 1.63 bits per heavy atom. The zero-order valence-corrected chi connectivity index (χ0v) is 17.8. The van der Waals surface area contributed by atoms with Crippen LogP contribution in [0.15, 0.2) is 53.6 Å². The molecule has 6 heteroatoms. The summed E-state index contributed by atoms with van der Waals surface area (Å²) in [4.78, 5) is 24.2. The van der Waals surface area contributed by atoms with Crippen LogP contribution in [0.25, 0.3) is 0 Å². The van der Waals surface area contributed by atoms with Crippen LogP contribution < -0.4 is 15.5 Å². The summed E-state index contributed by atoms with van der Waals surface area (Å²) < 4.78 is 5.39. The lowest BCUT2D eigenvalue weighted by molar-refractivity contribution is -0.116. The molecule has 0 saturated heterocycles. The van der Waals surface area contributed by atoms with Gasteiger partial charge in [-0.3, -0.25) is 9.59 Å². The Bertz CT molecular complexity index is 815. The van der Waals surface area contributed by atoms with Crippen LogP contribution in [0.4, 0.5) is 5.69 Å². The molecule has 0 aliphatic heterocycles. The summed E-state index contributed by atoms with van der Waals surface area (Å²) in [7, 11) is 0. The monoisotopic (exact) mass is 409 g/mol. The van der Waals surface area contributed by atoms with Gasteiger partial charge >= 0.3 is 0 Å². The van der Waals surface area contributed by atoms with E-state index in [9.17, 15) is 9.59 Å². The molecule has 160 valence electrons. The third-order valence-corrected chi connectivity index (χ3v) is 4.51. The molecule has 0 atom stereocenters. The quantitative estimate of drug-likeness (QED) is 0.289. The third kappa shape index (κ3) is 8.47. The highest BCUT2D eigenvalue weighted by molar-refractivity contribution is 5.96. The van der Waals surface area contributed by atoms with Crippen LogP contribution in [-0.2, 0) is 4.79 Å². The normalized spacial score (nSPS) is 10.7. The van der Waals surface area contributed by atoms with E-state index in [1.165, 1.54) is 19.3 Å². The first-order valence-corrected chi connectivity index (χ1v) is 10.6. The van der Waals surface area contributed by atoms with E-state index in [2.05, 4.69) is 22.8 Å². The highest BCUT2D eigenvalue weighted by Gasteiger charge is 2.06. The fraction of sp³-hybridized carbons (Fsp3) is 0.375. The lowest BCUT2D eigenvalue weighted by Crippen LogP contribution is -2.17. The van der Waals surface area contributed by atoms with Gasteiger partial charge in [0.1, 0.15) is 5.75 Å². The van der Waals surface area contributed by atoms with Gasteiger partial charge in [0.05, 0.1) is 12.8 Å². The second-order valence-corrected chi connectivity index (χ2v) is 6.99. The Morgan fingerprint density at radius 3 is 2.30 bits per heavy atom. The van der Waals surface area contributed by atoms with E-state index in [1.54, 1.807) is 30.5 Å². The van der Waals surface area contributed by atoms with Crippen LogP contribution in [0.1, 0.15) is 68.3 Å². The van der Waals surface area contributed by atoms with Crippen molar-refractivity contribution in [2.45, 2.75) is 52.4 Å². The fourth-order valence-corrected chi connectivity index (χ4v) is 2.86. The van der Waals surface area contributed by atoms with Gasteiger partial charge in [-0.1, -0.05) is 32.6 Å². The second-order valence-electron chi connectivity index (χ2n) is 6.99. The van der Waals surface area contributed by atoms with Crippen molar-refractivity contribution in [3.63, 3.8) is 0 Å². The predicted molar refractivity (Wildman–Crippen MR) is 121 cm³/mol. The highest BCUT2D eigenvalue weighted by Crippen LogP contribution is 2.12. The van der Waals surface area contributed by atoms with Crippen LogP contribution in [0.5, 0.6) is 5.75 Å². The van der Waals surface area contributed by atoms with E-state index in [-0.39, 0.29) is 11.8 Å².